The molecule has 1 aliphatic carbocycles. The van der Waals surface area contributed by atoms with Crippen LogP contribution in [0.1, 0.15) is 27.0 Å². The molecule has 2 amide bonds. The minimum Gasteiger partial charge on any atom is -0.507 e. The summed E-state index contributed by atoms with van der Waals surface area (Å²) in [4.78, 5) is 27.3. The standard InChI is InChI=1S/C27H24BrFN2O3/c28-23-10-7-19(12-24(23)32)27(34)31-14-21-22(15-31)26(21)30-25(33)13-18-4-2-1-3-17(18)11-16-5-8-20(29)9-6-16/h1-10,12,21-22,26,32H,11,13-15H2,(H,30,33)/t21-,22-/m1/s1. The quantitative estimate of drug-likeness (QED) is 0.506. The molecular formula is C27H24BrFN2O3. The number of nitrogens with zero attached hydrogens (tertiary/aromatic N) is 1. The molecule has 7 heteroatoms. The minimum absolute atomic E-state index is 0.0262. The molecule has 0 radical (unpaired) electrons. The number of fused-ring (bicyclic) bond motifs is 1. The predicted molar refractivity (Wildman–Crippen MR) is 130 cm³/mol. The van der Waals surface area contributed by atoms with E-state index in [-0.39, 0.29) is 47.7 Å². The molecule has 5 nitrogen and oxygen atoms in total. The van der Waals surface area contributed by atoms with Gasteiger partial charge in [-0.15, -0.1) is 0 Å². The highest BCUT2D eigenvalue weighted by atomic mass is 79.9. The summed E-state index contributed by atoms with van der Waals surface area (Å²) in [5.74, 6) is 0.191. The Kier molecular flexibility index (Phi) is 6.13. The normalized spacial score (nSPS) is 20.6. The van der Waals surface area contributed by atoms with Crippen LogP contribution in [-0.4, -0.2) is 41.0 Å². The van der Waals surface area contributed by atoms with Gasteiger partial charge in [-0.3, -0.25) is 9.59 Å². The molecule has 1 saturated heterocycles. The van der Waals surface area contributed by atoms with Crippen LogP contribution in [0.4, 0.5) is 4.39 Å². The van der Waals surface area contributed by atoms with Gasteiger partial charge in [-0.05, 0) is 69.4 Å². The fourth-order valence-electron chi connectivity index (χ4n) is 4.87. The maximum absolute atomic E-state index is 13.2. The summed E-state index contributed by atoms with van der Waals surface area (Å²) in [6, 6.07) is 19.2. The van der Waals surface area contributed by atoms with Crippen LogP contribution >= 0.6 is 15.9 Å². The highest BCUT2D eigenvalue weighted by molar-refractivity contribution is 9.10. The number of rotatable bonds is 6. The molecule has 2 fully saturated rings. The van der Waals surface area contributed by atoms with Crippen molar-refractivity contribution in [2.45, 2.75) is 18.9 Å². The van der Waals surface area contributed by atoms with Crippen molar-refractivity contribution in [1.82, 2.24) is 10.2 Å². The number of carbonyl (C=O) groups is 2. The van der Waals surface area contributed by atoms with Crippen LogP contribution in [-0.2, 0) is 17.6 Å². The zero-order valence-corrected chi connectivity index (χ0v) is 20.0. The van der Waals surface area contributed by atoms with Crippen molar-refractivity contribution in [3.05, 3.63) is 99.3 Å². The van der Waals surface area contributed by atoms with Gasteiger partial charge in [0.1, 0.15) is 11.6 Å². The highest BCUT2D eigenvalue weighted by Crippen LogP contribution is 2.46. The van der Waals surface area contributed by atoms with Gasteiger partial charge in [-0.1, -0.05) is 36.4 Å². The Morgan fingerprint density at radius 1 is 1.00 bits per heavy atom. The molecule has 2 atom stereocenters. The number of piperidine rings is 1. The van der Waals surface area contributed by atoms with Gasteiger partial charge in [0, 0.05) is 36.5 Å². The summed E-state index contributed by atoms with van der Waals surface area (Å²) in [5.41, 5.74) is 3.46. The number of amides is 2. The van der Waals surface area contributed by atoms with Crippen molar-refractivity contribution >= 4 is 27.7 Å². The van der Waals surface area contributed by atoms with Gasteiger partial charge in [0.2, 0.25) is 5.91 Å². The number of phenolic OH excluding ortho intramolecular Hbond substituents is 1. The van der Waals surface area contributed by atoms with Crippen molar-refractivity contribution in [3.63, 3.8) is 0 Å². The molecule has 5 rings (SSSR count). The molecule has 1 saturated carbocycles. The average Bonchev–Trinajstić information content (AvgIpc) is 3.25. The molecule has 1 heterocycles. The van der Waals surface area contributed by atoms with E-state index < -0.39 is 0 Å². The first-order chi connectivity index (χ1) is 16.4. The van der Waals surface area contributed by atoms with Gasteiger partial charge < -0.3 is 15.3 Å². The summed E-state index contributed by atoms with van der Waals surface area (Å²) in [6.07, 6.45) is 0.926. The van der Waals surface area contributed by atoms with Gasteiger partial charge in [-0.25, -0.2) is 4.39 Å². The number of halogens is 2. The second-order valence-corrected chi connectivity index (χ2v) is 9.90. The topological polar surface area (TPSA) is 69.6 Å². The average molecular weight is 523 g/mol. The molecule has 1 aliphatic heterocycles. The number of carbonyl (C=O) groups excluding carboxylic acids is 2. The van der Waals surface area contributed by atoms with E-state index in [0.717, 1.165) is 16.7 Å². The van der Waals surface area contributed by atoms with Crippen LogP contribution in [0.2, 0.25) is 0 Å². The summed E-state index contributed by atoms with van der Waals surface area (Å²) >= 11 is 3.23. The zero-order valence-electron chi connectivity index (χ0n) is 18.4. The summed E-state index contributed by atoms with van der Waals surface area (Å²) < 4.78 is 13.8. The third-order valence-electron chi connectivity index (χ3n) is 6.78. The first-order valence-corrected chi connectivity index (χ1v) is 12.1. The second kappa shape index (κ2) is 9.22. The lowest BCUT2D eigenvalue weighted by atomic mass is 9.97. The van der Waals surface area contributed by atoms with Gasteiger partial charge in [0.05, 0.1) is 10.9 Å². The number of aromatic hydroxyl groups is 1. The summed E-state index contributed by atoms with van der Waals surface area (Å²) in [7, 11) is 0. The fraction of sp³-hybridized carbons (Fsp3) is 0.259. The summed E-state index contributed by atoms with van der Waals surface area (Å²) in [5, 5.41) is 13.0. The number of hydrogen-bond acceptors (Lipinski definition) is 3. The van der Waals surface area contributed by atoms with Crippen LogP contribution in [0, 0.1) is 17.7 Å². The second-order valence-electron chi connectivity index (χ2n) is 9.05. The Hall–Kier alpha value is -3.19. The Balaban J connectivity index is 1.15. The number of benzene rings is 3. The third-order valence-corrected chi connectivity index (χ3v) is 7.45. The largest absolute Gasteiger partial charge is 0.507 e. The molecule has 0 aromatic heterocycles. The maximum Gasteiger partial charge on any atom is 0.254 e. The molecule has 0 bridgehead atoms. The van der Waals surface area contributed by atoms with E-state index in [1.165, 1.54) is 18.2 Å². The van der Waals surface area contributed by atoms with E-state index in [0.29, 0.717) is 29.5 Å². The van der Waals surface area contributed by atoms with Crippen molar-refractivity contribution in [2.24, 2.45) is 11.8 Å². The predicted octanol–water partition coefficient (Wildman–Crippen LogP) is 4.31. The molecule has 174 valence electrons. The first kappa shape index (κ1) is 22.6. The smallest absolute Gasteiger partial charge is 0.254 e. The van der Waals surface area contributed by atoms with E-state index >= 15 is 0 Å². The first-order valence-electron chi connectivity index (χ1n) is 11.3. The van der Waals surface area contributed by atoms with Crippen LogP contribution in [0.5, 0.6) is 5.75 Å². The number of hydrogen-bond donors (Lipinski definition) is 2. The van der Waals surface area contributed by atoms with Crippen LogP contribution in [0.15, 0.2) is 71.2 Å². The van der Waals surface area contributed by atoms with E-state index in [1.54, 1.807) is 29.2 Å². The Morgan fingerprint density at radius 3 is 2.35 bits per heavy atom. The Morgan fingerprint density at radius 2 is 1.68 bits per heavy atom. The lowest BCUT2D eigenvalue weighted by Crippen LogP contribution is -2.38. The lowest BCUT2D eigenvalue weighted by Gasteiger charge is -2.20. The van der Waals surface area contributed by atoms with Crippen LogP contribution < -0.4 is 5.32 Å². The van der Waals surface area contributed by atoms with Crippen molar-refractivity contribution in [3.8, 4) is 5.75 Å². The SMILES string of the molecule is O=C(Cc1ccccc1Cc1ccc(F)cc1)NC1[C@@H]2CN(C(=O)c3ccc(Br)c(O)c3)C[C@@H]12. The van der Waals surface area contributed by atoms with Crippen molar-refractivity contribution < 1.29 is 19.1 Å². The number of likely N-dealkylation sites (tertiary alicyclic amines) is 1. The fourth-order valence-corrected chi connectivity index (χ4v) is 5.12. The van der Waals surface area contributed by atoms with Gasteiger partial charge >= 0.3 is 0 Å². The van der Waals surface area contributed by atoms with E-state index in [2.05, 4.69) is 21.2 Å². The third kappa shape index (κ3) is 4.71. The van der Waals surface area contributed by atoms with Crippen LogP contribution in [0.3, 0.4) is 0 Å². The molecule has 3 aromatic rings. The van der Waals surface area contributed by atoms with Crippen molar-refractivity contribution in [2.75, 3.05) is 13.1 Å². The van der Waals surface area contributed by atoms with E-state index in [9.17, 15) is 19.1 Å². The van der Waals surface area contributed by atoms with E-state index in [4.69, 9.17) is 0 Å². The highest BCUT2D eigenvalue weighted by Gasteiger charge is 2.57. The molecule has 2 aliphatic rings. The molecular weight excluding hydrogens is 499 g/mol. The molecule has 2 N–H and O–H groups in total. The van der Waals surface area contributed by atoms with Gasteiger partial charge in [0.15, 0.2) is 0 Å². The Labute approximate surface area is 205 Å². The maximum atomic E-state index is 13.2. The lowest BCUT2D eigenvalue weighted by molar-refractivity contribution is -0.120. The molecule has 0 unspecified atom stereocenters. The Bertz CT molecular complexity index is 1230. The molecule has 0 spiro atoms. The van der Waals surface area contributed by atoms with Gasteiger partial charge in [0.25, 0.3) is 5.91 Å². The number of nitrogens with one attached hydrogen (secondary N) is 1. The molecule has 3 aromatic carbocycles. The number of phenols is 1. The van der Waals surface area contributed by atoms with E-state index in [1.807, 2.05) is 24.3 Å². The van der Waals surface area contributed by atoms with Crippen LogP contribution in [0.25, 0.3) is 0 Å². The molecule has 34 heavy (non-hydrogen) atoms. The van der Waals surface area contributed by atoms with Crippen molar-refractivity contribution in [1.29, 1.82) is 0 Å². The monoisotopic (exact) mass is 522 g/mol. The zero-order chi connectivity index (χ0) is 23.8. The van der Waals surface area contributed by atoms with Gasteiger partial charge in [-0.2, -0.15) is 0 Å². The summed E-state index contributed by atoms with van der Waals surface area (Å²) in [6.45, 7) is 1.21. The minimum atomic E-state index is -0.262.